The molecule has 0 unspecified atom stereocenters. The van der Waals surface area contributed by atoms with Crippen LogP contribution >= 0.6 is 0 Å². The van der Waals surface area contributed by atoms with Gasteiger partial charge < -0.3 is 0 Å². The maximum atomic E-state index is 12.2. The SMILES string of the molecule is O=C(N/N=C\c1ccc(N2N=C(c3ccccc3)C[C@H]2c2cccc3ccccc23)cc1)c1ccncc1. The summed E-state index contributed by atoms with van der Waals surface area (Å²) in [4.78, 5) is 16.1. The highest BCUT2D eigenvalue weighted by molar-refractivity contribution is 6.04. The van der Waals surface area contributed by atoms with Crippen LogP contribution in [-0.4, -0.2) is 22.8 Å². The van der Waals surface area contributed by atoms with Crippen molar-refractivity contribution in [2.24, 2.45) is 10.2 Å². The molecule has 6 nitrogen and oxygen atoms in total. The lowest BCUT2D eigenvalue weighted by Crippen LogP contribution is -2.19. The van der Waals surface area contributed by atoms with Gasteiger partial charge in [-0.15, -0.1) is 0 Å². The Labute approximate surface area is 221 Å². The highest BCUT2D eigenvalue weighted by Crippen LogP contribution is 2.39. The van der Waals surface area contributed by atoms with Crippen molar-refractivity contribution in [1.82, 2.24) is 10.4 Å². The lowest BCUT2D eigenvalue weighted by atomic mass is 9.94. The lowest BCUT2D eigenvalue weighted by molar-refractivity contribution is 0.0955. The largest absolute Gasteiger partial charge is 0.271 e. The summed E-state index contributed by atoms with van der Waals surface area (Å²) in [5, 5.41) is 13.8. The number of carbonyl (C=O) groups excluding carboxylic acids is 1. The van der Waals surface area contributed by atoms with Crippen molar-refractivity contribution < 1.29 is 4.79 Å². The third kappa shape index (κ3) is 4.80. The predicted octanol–water partition coefficient (Wildman–Crippen LogP) is 6.35. The molecule has 6 heteroatoms. The van der Waals surface area contributed by atoms with Gasteiger partial charge in [-0.3, -0.25) is 14.8 Å². The molecule has 4 aromatic carbocycles. The van der Waals surface area contributed by atoms with Crippen molar-refractivity contribution in [3.05, 3.63) is 144 Å². The Morgan fingerprint density at radius 2 is 1.58 bits per heavy atom. The fourth-order valence-electron chi connectivity index (χ4n) is 4.78. The third-order valence-electron chi connectivity index (χ3n) is 6.68. The number of pyridine rings is 1. The molecule has 1 N–H and O–H groups in total. The quantitative estimate of drug-likeness (QED) is 0.220. The molecule has 1 aliphatic heterocycles. The molecule has 1 aliphatic rings. The van der Waals surface area contributed by atoms with Gasteiger partial charge in [-0.25, -0.2) is 5.43 Å². The topological polar surface area (TPSA) is 70.0 Å². The fourth-order valence-corrected chi connectivity index (χ4v) is 4.78. The number of carbonyl (C=O) groups is 1. The molecule has 0 bridgehead atoms. The molecule has 0 fully saturated rings. The average Bonchev–Trinajstić information content (AvgIpc) is 3.43. The van der Waals surface area contributed by atoms with Crippen LogP contribution in [0.1, 0.15) is 39.5 Å². The first-order valence-electron chi connectivity index (χ1n) is 12.5. The van der Waals surface area contributed by atoms with E-state index in [0.29, 0.717) is 5.56 Å². The second kappa shape index (κ2) is 10.5. The van der Waals surface area contributed by atoms with Crippen molar-refractivity contribution >= 4 is 34.3 Å². The molecule has 1 amide bonds. The van der Waals surface area contributed by atoms with Gasteiger partial charge in [0.05, 0.1) is 23.7 Å². The van der Waals surface area contributed by atoms with Gasteiger partial charge >= 0.3 is 0 Å². The van der Waals surface area contributed by atoms with Gasteiger partial charge in [-0.1, -0.05) is 84.9 Å². The van der Waals surface area contributed by atoms with Gasteiger partial charge in [-0.05, 0) is 51.7 Å². The molecule has 0 saturated carbocycles. The molecule has 6 rings (SSSR count). The van der Waals surface area contributed by atoms with Crippen molar-refractivity contribution in [3.63, 3.8) is 0 Å². The molecule has 0 aliphatic carbocycles. The number of hydrogen-bond donors (Lipinski definition) is 1. The first kappa shape index (κ1) is 23.3. The zero-order valence-electron chi connectivity index (χ0n) is 20.6. The Morgan fingerprint density at radius 1 is 0.842 bits per heavy atom. The number of aromatic nitrogens is 1. The molecule has 2 heterocycles. The first-order chi connectivity index (χ1) is 18.8. The van der Waals surface area contributed by atoms with E-state index in [-0.39, 0.29) is 11.9 Å². The van der Waals surface area contributed by atoms with Gasteiger partial charge in [0.15, 0.2) is 0 Å². The monoisotopic (exact) mass is 495 g/mol. The Hall–Kier alpha value is -5.10. The van der Waals surface area contributed by atoms with Crippen LogP contribution < -0.4 is 10.4 Å². The minimum absolute atomic E-state index is 0.0653. The summed E-state index contributed by atoms with van der Waals surface area (Å²) in [6.07, 6.45) is 5.59. The summed E-state index contributed by atoms with van der Waals surface area (Å²) in [5.41, 5.74) is 8.38. The Balaban J connectivity index is 1.28. The Morgan fingerprint density at radius 3 is 2.39 bits per heavy atom. The minimum atomic E-state index is -0.280. The van der Waals surface area contributed by atoms with Gasteiger partial charge in [0.2, 0.25) is 0 Å². The molecular formula is C32H25N5O. The number of benzene rings is 4. The summed E-state index contributed by atoms with van der Waals surface area (Å²) < 4.78 is 0. The molecule has 1 aromatic heterocycles. The van der Waals surface area contributed by atoms with E-state index in [4.69, 9.17) is 5.10 Å². The van der Waals surface area contributed by atoms with Crippen LogP contribution in [-0.2, 0) is 0 Å². The number of nitrogens with one attached hydrogen (secondary N) is 1. The smallest absolute Gasteiger partial charge is 0.267 e. The Bertz CT molecular complexity index is 1620. The zero-order chi connectivity index (χ0) is 25.7. The molecule has 0 saturated heterocycles. The number of rotatable bonds is 6. The van der Waals surface area contributed by atoms with E-state index in [1.54, 1.807) is 30.7 Å². The van der Waals surface area contributed by atoms with E-state index in [1.165, 1.54) is 16.3 Å². The second-order valence-electron chi connectivity index (χ2n) is 9.07. The number of nitrogens with zero attached hydrogens (tertiary/aromatic N) is 4. The molecule has 38 heavy (non-hydrogen) atoms. The van der Waals surface area contributed by atoms with Crippen molar-refractivity contribution in [3.8, 4) is 0 Å². The van der Waals surface area contributed by atoms with E-state index >= 15 is 0 Å². The predicted molar refractivity (Wildman–Crippen MR) is 153 cm³/mol. The van der Waals surface area contributed by atoms with Crippen LogP contribution in [0.5, 0.6) is 0 Å². The highest BCUT2D eigenvalue weighted by Gasteiger charge is 2.30. The molecule has 184 valence electrons. The normalized spacial score (nSPS) is 15.1. The number of hydrogen-bond acceptors (Lipinski definition) is 5. The van der Waals surface area contributed by atoms with Crippen molar-refractivity contribution in [2.75, 3.05) is 5.01 Å². The van der Waals surface area contributed by atoms with E-state index in [9.17, 15) is 4.79 Å². The van der Waals surface area contributed by atoms with Crippen LogP contribution in [0.4, 0.5) is 5.69 Å². The van der Waals surface area contributed by atoms with Gasteiger partial charge in [0.1, 0.15) is 0 Å². The molecule has 0 spiro atoms. The number of fused-ring (bicyclic) bond motifs is 1. The van der Waals surface area contributed by atoms with E-state index in [0.717, 1.165) is 28.9 Å². The van der Waals surface area contributed by atoms with Crippen LogP contribution in [0.2, 0.25) is 0 Å². The van der Waals surface area contributed by atoms with E-state index in [2.05, 4.69) is 87.3 Å². The lowest BCUT2D eigenvalue weighted by Gasteiger charge is -2.25. The van der Waals surface area contributed by atoms with Gasteiger partial charge in [0, 0.05) is 24.4 Å². The summed E-state index contributed by atoms with van der Waals surface area (Å²) in [6, 6.07) is 36.7. The number of hydrazone groups is 2. The number of amides is 1. The van der Waals surface area contributed by atoms with Gasteiger partial charge in [-0.2, -0.15) is 10.2 Å². The van der Waals surface area contributed by atoms with E-state index < -0.39 is 0 Å². The summed E-state index contributed by atoms with van der Waals surface area (Å²) in [5.74, 6) is -0.280. The highest BCUT2D eigenvalue weighted by atomic mass is 16.2. The fraction of sp³-hybridized carbons (Fsp3) is 0.0625. The summed E-state index contributed by atoms with van der Waals surface area (Å²) >= 11 is 0. The standard InChI is InChI=1S/C32H25N5O/c38-32(26-17-19-33-20-18-26)35-34-22-23-13-15-27(16-14-23)37-31(21-30(36-37)25-8-2-1-3-9-25)29-12-6-10-24-7-4-5-11-28(24)29/h1-20,22,31H,21H2,(H,35,38)/b34-22-/t31-/m0/s1. The average molecular weight is 496 g/mol. The second-order valence-corrected chi connectivity index (χ2v) is 9.07. The zero-order valence-corrected chi connectivity index (χ0v) is 20.6. The van der Waals surface area contributed by atoms with Crippen LogP contribution in [0.3, 0.4) is 0 Å². The molecule has 5 aromatic rings. The van der Waals surface area contributed by atoms with Crippen LogP contribution in [0.15, 0.2) is 132 Å². The molecule has 1 atom stereocenters. The van der Waals surface area contributed by atoms with Crippen LogP contribution in [0, 0.1) is 0 Å². The maximum absolute atomic E-state index is 12.2. The summed E-state index contributed by atoms with van der Waals surface area (Å²) in [6.45, 7) is 0. The third-order valence-corrected chi connectivity index (χ3v) is 6.68. The molecular weight excluding hydrogens is 470 g/mol. The summed E-state index contributed by atoms with van der Waals surface area (Å²) in [7, 11) is 0. The molecule has 0 radical (unpaired) electrons. The van der Waals surface area contributed by atoms with Gasteiger partial charge in [0.25, 0.3) is 5.91 Å². The first-order valence-corrected chi connectivity index (χ1v) is 12.5. The minimum Gasteiger partial charge on any atom is -0.267 e. The van der Waals surface area contributed by atoms with Crippen molar-refractivity contribution in [2.45, 2.75) is 12.5 Å². The van der Waals surface area contributed by atoms with Crippen molar-refractivity contribution in [1.29, 1.82) is 0 Å². The van der Waals surface area contributed by atoms with E-state index in [1.807, 2.05) is 30.3 Å². The maximum Gasteiger partial charge on any atom is 0.271 e. The Kier molecular flexibility index (Phi) is 6.43. The number of anilines is 1. The van der Waals surface area contributed by atoms with Crippen LogP contribution in [0.25, 0.3) is 10.8 Å².